The molecule has 0 fully saturated rings. The molecule has 13 heavy (non-hydrogen) atoms. The fourth-order valence-electron chi connectivity index (χ4n) is 1.25. The normalized spacial score (nSPS) is 20.7. The molecule has 0 saturated heterocycles. The molecule has 0 aromatic carbocycles. The molecule has 1 heteroatoms. The summed E-state index contributed by atoms with van der Waals surface area (Å²) >= 11 is 0. The molecule has 1 atom stereocenters. The summed E-state index contributed by atoms with van der Waals surface area (Å²) in [5, 5.41) is 3.37. The molecule has 0 aromatic heterocycles. The summed E-state index contributed by atoms with van der Waals surface area (Å²) in [4.78, 5) is 0. The molecule has 0 bridgehead atoms. The molecule has 72 valence electrons. The van der Waals surface area contributed by atoms with Crippen molar-refractivity contribution in [2.45, 2.75) is 20.3 Å². The van der Waals surface area contributed by atoms with Crippen LogP contribution >= 0.6 is 0 Å². The molecule has 1 rings (SSSR count). The average molecular weight is 177 g/mol. The van der Waals surface area contributed by atoms with Crippen molar-refractivity contribution in [3.63, 3.8) is 0 Å². The zero-order valence-corrected chi connectivity index (χ0v) is 8.59. The van der Waals surface area contributed by atoms with Crippen LogP contribution in [0.5, 0.6) is 0 Å². The third-order valence-electron chi connectivity index (χ3n) is 2.36. The minimum Gasteiger partial charge on any atom is -0.388 e. The lowest BCUT2D eigenvalue weighted by Gasteiger charge is -2.17. The molecule has 0 radical (unpaired) electrons. The average Bonchev–Trinajstić information content (AvgIpc) is 2.15. The minimum absolute atomic E-state index is 0.531. The summed E-state index contributed by atoms with van der Waals surface area (Å²) in [6.07, 6.45) is 9.84. The number of allylic oxidation sites excluding steroid dienone is 4. The molecule has 0 aromatic rings. The number of nitrogens with one attached hydrogen (secondary N) is 1. The zero-order chi connectivity index (χ0) is 9.68. The number of hydrogen-bond acceptors (Lipinski definition) is 1. The Bertz CT molecular complexity index is 223. The van der Waals surface area contributed by atoms with E-state index in [0.717, 1.165) is 18.7 Å². The van der Waals surface area contributed by atoms with Crippen LogP contribution in [0.1, 0.15) is 20.3 Å². The molecular formula is C12H19N. The zero-order valence-electron chi connectivity index (χ0n) is 8.59. The first-order valence-electron chi connectivity index (χ1n) is 4.96. The van der Waals surface area contributed by atoms with Crippen LogP contribution in [0.25, 0.3) is 0 Å². The van der Waals surface area contributed by atoms with E-state index in [1.54, 1.807) is 0 Å². The molecule has 1 aliphatic carbocycles. The Morgan fingerprint density at radius 1 is 1.54 bits per heavy atom. The summed E-state index contributed by atoms with van der Waals surface area (Å²) in [5.74, 6) is 1.17. The van der Waals surface area contributed by atoms with Gasteiger partial charge >= 0.3 is 0 Å². The van der Waals surface area contributed by atoms with Crippen LogP contribution in [0, 0.1) is 11.8 Å². The second-order valence-electron chi connectivity index (χ2n) is 3.87. The van der Waals surface area contributed by atoms with Crippen molar-refractivity contribution in [2.24, 2.45) is 11.8 Å². The van der Waals surface area contributed by atoms with E-state index < -0.39 is 0 Å². The van der Waals surface area contributed by atoms with E-state index in [0.29, 0.717) is 11.8 Å². The van der Waals surface area contributed by atoms with Crippen LogP contribution in [0.3, 0.4) is 0 Å². The van der Waals surface area contributed by atoms with Crippen molar-refractivity contribution in [3.8, 4) is 0 Å². The molecule has 1 unspecified atom stereocenters. The van der Waals surface area contributed by atoms with Gasteiger partial charge in [-0.2, -0.15) is 0 Å². The van der Waals surface area contributed by atoms with E-state index in [1.165, 1.54) is 0 Å². The SMILES string of the molecule is C=C(NCC1C=CC=CC1)C(C)C. The number of rotatable bonds is 4. The standard InChI is InChI=1S/C12H19N/c1-10(2)11(3)13-9-12-7-5-4-6-8-12/h4-7,10,12-13H,3,8-9H2,1-2H3. The van der Waals surface area contributed by atoms with Gasteiger partial charge in [-0.1, -0.05) is 44.7 Å². The minimum atomic E-state index is 0.531. The third kappa shape index (κ3) is 3.49. The Balaban J connectivity index is 2.23. The molecule has 1 aliphatic rings. The molecular weight excluding hydrogens is 158 g/mol. The Kier molecular flexibility index (Phi) is 3.81. The van der Waals surface area contributed by atoms with Gasteiger partial charge in [0.25, 0.3) is 0 Å². The van der Waals surface area contributed by atoms with Gasteiger partial charge in [-0.3, -0.25) is 0 Å². The third-order valence-corrected chi connectivity index (χ3v) is 2.36. The van der Waals surface area contributed by atoms with Crippen molar-refractivity contribution in [1.82, 2.24) is 5.32 Å². The van der Waals surface area contributed by atoms with Crippen LogP contribution in [0.2, 0.25) is 0 Å². The van der Waals surface area contributed by atoms with E-state index in [4.69, 9.17) is 0 Å². The second kappa shape index (κ2) is 4.90. The molecule has 0 saturated carbocycles. The summed E-state index contributed by atoms with van der Waals surface area (Å²) in [7, 11) is 0. The lowest BCUT2D eigenvalue weighted by atomic mass is 10.0. The van der Waals surface area contributed by atoms with Crippen LogP contribution in [-0.2, 0) is 0 Å². The van der Waals surface area contributed by atoms with Gasteiger partial charge in [0.1, 0.15) is 0 Å². The van der Waals surface area contributed by atoms with Gasteiger partial charge in [0.05, 0.1) is 0 Å². The maximum Gasteiger partial charge on any atom is 0.0209 e. The lowest BCUT2D eigenvalue weighted by Crippen LogP contribution is -2.23. The molecule has 0 aliphatic heterocycles. The fraction of sp³-hybridized carbons (Fsp3) is 0.500. The van der Waals surface area contributed by atoms with Gasteiger partial charge in [0.2, 0.25) is 0 Å². The highest BCUT2D eigenvalue weighted by molar-refractivity contribution is 5.11. The summed E-state index contributed by atoms with van der Waals surface area (Å²) in [6.45, 7) is 9.31. The summed E-state index contributed by atoms with van der Waals surface area (Å²) in [6, 6.07) is 0. The van der Waals surface area contributed by atoms with Crippen molar-refractivity contribution < 1.29 is 0 Å². The maximum atomic E-state index is 3.99. The van der Waals surface area contributed by atoms with Crippen LogP contribution in [0.15, 0.2) is 36.6 Å². The molecule has 1 nitrogen and oxygen atoms in total. The fourth-order valence-corrected chi connectivity index (χ4v) is 1.25. The first-order valence-corrected chi connectivity index (χ1v) is 4.96. The smallest absolute Gasteiger partial charge is 0.0209 e. The predicted octanol–water partition coefficient (Wildman–Crippen LogP) is 2.88. The van der Waals surface area contributed by atoms with Crippen molar-refractivity contribution in [2.75, 3.05) is 6.54 Å². The molecule has 0 heterocycles. The van der Waals surface area contributed by atoms with Gasteiger partial charge < -0.3 is 5.32 Å². The molecule has 1 N–H and O–H groups in total. The Morgan fingerprint density at radius 3 is 2.85 bits per heavy atom. The largest absolute Gasteiger partial charge is 0.388 e. The van der Waals surface area contributed by atoms with Crippen LogP contribution in [0.4, 0.5) is 0 Å². The van der Waals surface area contributed by atoms with Gasteiger partial charge in [-0.15, -0.1) is 0 Å². The Labute approximate surface area is 81.2 Å². The Hall–Kier alpha value is -0.980. The highest BCUT2D eigenvalue weighted by Gasteiger charge is 2.06. The predicted molar refractivity (Wildman–Crippen MR) is 58.4 cm³/mol. The lowest BCUT2D eigenvalue weighted by molar-refractivity contribution is 0.566. The van der Waals surface area contributed by atoms with Crippen LogP contribution in [-0.4, -0.2) is 6.54 Å². The molecule has 0 spiro atoms. The van der Waals surface area contributed by atoms with E-state index in [9.17, 15) is 0 Å². The molecule has 0 amide bonds. The second-order valence-corrected chi connectivity index (χ2v) is 3.87. The first-order chi connectivity index (χ1) is 6.20. The summed E-state index contributed by atoms with van der Waals surface area (Å²) < 4.78 is 0. The highest BCUT2D eigenvalue weighted by atomic mass is 14.9. The van der Waals surface area contributed by atoms with Crippen molar-refractivity contribution in [1.29, 1.82) is 0 Å². The monoisotopic (exact) mass is 177 g/mol. The Morgan fingerprint density at radius 2 is 2.31 bits per heavy atom. The summed E-state index contributed by atoms with van der Waals surface area (Å²) in [5.41, 5.74) is 1.14. The van der Waals surface area contributed by atoms with Gasteiger partial charge in [0.15, 0.2) is 0 Å². The van der Waals surface area contributed by atoms with Gasteiger partial charge in [-0.05, 0) is 18.3 Å². The quantitative estimate of drug-likeness (QED) is 0.696. The van der Waals surface area contributed by atoms with Gasteiger partial charge in [-0.25, -0.2) is 0 Å². The van der Waals surface area contributed by atoms with E-state index in [-0.39, 0.29) is 0 Å². The topological polar surface area (TPSA) is 12.0 Å². The maximum absolute atomic E-state index is 3.99. The van der Waals surface area contributed by atoms with E-state index >= 15 is 0 Å². The van der Waals surface area contributed by atoms with E-state index in [1.807, 2.05) is 0 Å². The number of hydrogen-bond donors (Lipinski definition) is 1. The first kappa shape index (κ1) is 10.1. The van der Waals surface area contributed by atoms with Crippen LogP contribution < -0.4 is 5.32 Å². The highest BCUT2D eigenvalue weighted by Crippen LogP contribution is 2.11. The van der Waals surface area contributed by atoms with Crippen molar-refractivity contribution >= 4 is 0 Å². The van der Waals surface area contributed by atoms with Gasteiger partial charge in [0, 0.05) is 12.2 Å². The van der Waals surface area contributed by atoms with Crippen molar-refractivity contribution in [3.05, 3.63) is 36.6 Å². The van der Waals surface area contributed by atoms with E-state index in [2.05, 4.69) is 50.0 Å².